The third-order valence-electron chi connectivity index (χ3n) is 3.63. The first-order valence-electron chi connectivity index (χ1n) is 6.47. The number of aromatic hydroxyl groups is 1. The van der Waals surface area contributed by atoms with Gasteiger partial charge in [-0.1, -0.05) is 26.8 Å². The van der Waals surface area contributed by atoms with Gasteiger partial charge in [-0.3, -0.25) is 0 Å². The molecule has 0 saturated carbocycles. The number of phenolic OH excluding ortho intramolecular Hbond substituents is 1. The molecule has 0 radical (unpaired) electrons. The topological polar surface area (TPSA) is 32.3 Å². The maximum Gasteiger partial charge on any atom is 0.119 e. The molecule has 0 aliphatic carbocycles. The first-order valence-corrected chi connectivity index (χ1v) is 6.47. The Morgan fingerprint density at radius 1 is 1.29 bits per heavy atom. The summed E-state index contributed by atoms with van der Waals surface area (Å²) in [5.41, 5.74) is 3.58. The molecule has 1 aliphatic heterocycles. The van der Waals surface area contributed by atoms with Crippen molar-refractivity contribution in [3.63, 3.8) is 0 Å². The van der Waals surface area contributed by atoms with E-state index in [1.807, 2.05) is 6.07 Å². The molecule has 2 rings (SSSR count). The Balaban J connectivity index is 2.41. The van der Waals surface area contributed by atoms with E-state index in [1.165, 1.54) is 24.0 Å². The molecule has 1 aromatic carbocycles. The second-order valence-electron chi connectivity index (χ2n) is 6.12. The fourth-order valence-electron chi connectivity index (χ4n) is 2.64. The van der Waals surface area contributed by atoms with Crippen LogP contribution in [-0.4, -0.2) is 11.7 Å². The van der Waals surface area contributed by atoms with Crippen molar-refractivity contribution < 1.29 is 5.11 Å². The highest BCUT2D eigenvalue weighted by Crippen LogP contribution is 2.36. The van der Waals surface area contributed by atoms with Gasteiger partial charge >= 0.3 is 0 Å². The Bertz CT molecular complexity index is 412. The van der Waals surface area contributed by atoms with E-state index in [0.29, 0.717) is 11.8 Å². The van der Waals surface area contributed by atoms with E-state index in [-0.39, 0.29) is 5.41 Å². The summed E-state index contributed by atoms with van der Waals surface area (Å²) in [6.07, 6.45) is 2.40. The molecule has 0 amide bonds. The van der Waals surface area contributed by atoms with E-state index in [9.17, 15) is 5.11 Å². The highest BCUT2D eigenvalue weighted by Gasteiger charge is 2.23. The van der Waals surface area contributed by atoms with Gasteiger partial charge in [-0.2, -0.15) is 0 Å². The van der Waals surface area contributed by atoms with Crippen LogP contribution in [0.3, 0.4) is 0 Å². The van der Waals surface area contributed by atoms with Gasteiger partial charge in [0.05, 0.1) is 0 Å². The lowest BCUT2D eigenvalue weighted by molar-refractivity contribution is 0.444. The quantitative estimate of drug-likeness (QED) is 0.779. The fraction of sp³-hybridized carbons (Fsp3) is 0.600. The predicted molar refractivity (Wildman–Crippen MR) is 71.5 cm³/mol. The van der Waals surface area contributed by atoms with Crippen molar-refractivity contribution in [3.05, 3.63) is 28.8 Å². The average molecular weight is 233 g/mol. The molecule has 2 nitrogen and oxygen atoms in total. The van der Waals surface area contributed by atoms with Crippen LogP contribution >= 0.6 is 0 Å². The monoisotopic (exact) mass is 233 g/mol. The Morgan fingerprint density at radius 2 is 2.00 bits per heavy atom. The van der Waals surface area contributed by atoms with Crippen LogP contribution in [0, 0.1) is 6.92 Å². The molecule has 94 valence electrons. The predicted octanol–water partition coefficient (Wildman–Crippen LogP) is 3.42. The SMILES string of the molecule is Cc1cc(C(C)(C)C)c(O)cc1C1CCCN1. The molecule has 1 fully saturated rings. The molecular formula is C15H23NO. The van der Waals surface area contributed by atoms with Gasteiger partial charge in [0.15, 0.2) is 0 Å². The summed E-state index contributed by atoms with van der Waals surface area (Å²) < 4.78 is 0. The van der Waals surface area contributed by atoms with Crippen LogP contribution in [-0.2, 0) is 5.41 Å². The maximum atomic E-state index is 10.2. The molecule has 2 heteroatoms. The maximum absolute atomic E-state index is 10.2. The van der Waals surface area contributed by atoms with Crippen molar-refractivity contribution in [2.45, 2.75) is 52.0 Å². The van der Waals surface area contributed by atoms with Crippen molar-refractivity contribution in [2.24, 2.45) is 0 Å². The van der Waals surface area contributed by atoms with Gasteiger partial charge in [0.25, 0.3) is 0 Å². The molecule has 1 unspecified atom stereocenters. The first kappa shape index (κ1) is 12.4. The van der Waals surface area contributed by atoms with E-state index in [0.717, 1.165) is 12.1 Å². The molecule has 1 atom stereocenters. The number of hydrogen-bond acceptors (Lipinski definition) is 2. The van der Waals surface area contributed by atoms with Crippen LogP contribution < -0.4 is 5.32 Å². The Hall–Kier alpha value is -1.02. The van der Waals surface area contributed by atoms with E-state index >= 15 is 0 Å². The number of nitrogens with one attached hydrogen (secondary N) is 1. The van der Waals surface area contributed by atoms with Gasteiger partial charge < -0.3 is 10.4 Å². The van der Waals surface area contributed by atoms with Crippen molar-refractivity contribution in [1.82, 2.24) is 5.32 Å². The molecule has 1 saturated heterocycles. The zero-order valence-electron chi connectivity index (χ0n) is 11.3. The summed E-state index contributed by atoms with van der Waals surface area (Å²) in [6, 6.07) is 4.53. The minimum Gasteiger partial charge on any atom is -0.508 e. The first-order chi connectivity index (χ1) is 7.89. The molecule has 0 aromatic heterocycles. The molecule has 1 aromatic rings. The van der Waals surface area contributed by atoms with Gasteiger partial charge in [-0.15, -0.1) is 0 Å². The standard InChI is InChI=1S/C15H23NO/c1-10-8-12(15(2,3)4)14(17)9-11(10)13-6-5-7-16-13/h8-9,13,16-17H,5-7H2,1-4H3. The lowest BCUT2D eigenvalue weighted by Gasteiger charge is -2.23. The van der Waals surface area contributed by atoms with Crippen LogP contribution in [0.2, 0.25) is 0 Å². The van der Waals surface area contributed by atoms with Crippen molar-refractivity contribution >= 4 is 0 Å². The van der Waals surface area contributed by atoms with Gasteiger partial charge in [-0.05, 0) is 54.5 Å². The Morgan fingerprint density at radius 3 is 2.53 bits per heavy atom. The Kier molecular flexibility index (Phi) is 3.17. The van der Waals surface area contributed by atoms with Crippen molar-refractivity contribution in [3.8, 4) is 5.75 Å². The van der Waals surface area contributed by atoms with Gasteiger partial charge in [0.1, 0.15) is 5.75 Å². The summed E-state index contributed by atoms with van der Waals surface area (Å²) in [5, 5.41) is 13.7. The van der Waals surface area contributed by atoms with E-state index < -0.39 is 0 Å². The highest BCUT2D eigenvalue weighted by atomic mass is 16.3. The zero-order chi connectivity index (χ0) is 12.6. The largest absolute Gasteiger partial charge is 0.508 e. The number of hydrogen-bond donors (Lipinski definition) is 2. The molecular weight excluding hydrogens is 210 g/mol. The van der Waals surface area contributed by atoms with E-state index in [2.05, 4.69) is 39.1 Å². The average Bonchev–Trinajstić information content (AvgIpc) is 2.72. The summed E-state index contributed by atoms with van der Waals surface area (Å²) in [6.45, 7) is 9.63. The van der Waals surface area contributed by atoms with Crippen LogP contribution in [0.5, 0.6) is 5.75 Å². The number of aryl methyl sites for hydroxylation is 1. The van der Waals surface area contributed by atoms with E-state index in [4.69, 9.17) is 0 Å². The molecule has 1 heterocycles. The second kappa shape index (κ2) is 4.34. The highest BCUT2D eigenvalue weighted by molar-refractivity contribution is 5.46. The summed E-state index contributed by atoms with van der Waals surface area (Å²) in [7, 11) is 0. The number of phenols is 1. The van der Waals surface area contributed by atoms with Crippen molar-refractivity contribution in [1.29, 1.82) is 0 Å². The number of benzene rings is 1. The normalized spacial score (nSPS) is 20.8. The lowest BCUT2D eigenvalue weighted by Crippen LogP contribution is -2.16. The minimum atomic E-state index is -0.00349. The fourth-order valence-corrected chi connectivity index (χ4v) is 2.64. The second-order valence-corrected chi connectivity index (χ2v) is 6.12. The molecule has 1 aliphatic rings. The van der Waals surface area contributed by atoms with Crippen LogP contribution in [0.15, 0.2) is 12.1 Å². The third kappa shape index (κ3) is 2.47. The molecule has 0 bridgehead atoms. The third-order valence-corrected chi connectivity index (χ3v) is 3.63. The minimum absolute atomic E-state index is 0.00349. The van der Waals surface area contributed by atoms with Crippen molar-refractivity contribution in [2.75, 3.05) is 6.54 Å². The lowest BCUT2D eigenvalue weighted by atomic mass is 9.83. The Labute approximate surface area is 104 Å². The summed E-state index contributed by atoms with van der Waals surface area (Å²) in [5.74, 6) is 0.437. The van der Waals surface area contributed by atoms with E-state index in [1.54, 1.807) is 0 Å². The van der Waals surface area contributed by atoms with Gasteiger partial charge in [0.2, 0.25) is 0 Å². The van der Waals surface area contributed by atoms with Gasteiger partial charge in [0, 0.05) is 6.04 Å². The van der Waals surface area contributed by atoms with Crippen LogP contribution in [0.4, 0.5) is 0 Å². The molecule has 2 N–H and O–H groups in total. The van der Waals surface area contributed by atoms with Crippen LogP contribution in [0.1, 0.15) is 56.3 Å². The van der Waals surface area contributed by atoms with Gasteiger partial charge in [-0.25, -0.2) is 0 Å². The smallest absolute Gasteiger partial charge is 0.119 e. The number of rotatable bonds is 1. The molecule has 17 heavy (non-hydrogen) atoms. The van der Waals surface area contributed by atoms with Crippen LogP contribution in [0.25, 0.3) is 0 Å². The summed E-state index contributed by atoms with van der Waals surface area (Å²) >= 11 is 0. The summed E-state index contributed by atoms with van der Waals surface area (Å²) in [4.78, 5) is 0. The zero-order valence-corrected chi connectivity index (χ0v) is 11.3. The molecule has 0 spiro atoms.